The van der Waals surface area contributed by atoms with Crippen LogP contribution in [0.1, 0.15) is 25.8 Å². The van der Waals surface area contributed by atoms with Gasteiger partial charge in [-0.2, -0.15) is 5.26 Å². The van der Waals surface area contributed by atoms with Crippen molar-refractivity contribution in [3.8, 4) is 6.07 Å². The first-order valence-electron chi connectivity index (χ1n) is 5.10. The Morgan fingerprint density at radius 2 is 2.38 bits per heavy atom. The van der Waals surface area contributed by atoms with Gasteiger partial charge in [0.05, 0.1) is 23.0 Å². The number of rotatable bonds is 4. The van der Waals surface area contributed by atoms with E-state index in [1.807, 2.05) is 13.0 Å². The summed E-state index contributed by atoms with van der Waals surface area (Å²) in [5, 5.41) is 21.6. The molecule has 0 aliphatic carbocycles. The molecular formula is C11H16N4O. The highest BCUT2D eigenvalue weighted by Crippen LogP contribution is 2.16. The highest BCUT2D eigenvalue weighted by Gasteiger charge is 2.17. The van der Waals surface area contributed by atoms with Crippen LogP contribution in [0.15, 0.2) is 12.3 Å². The van der Waals surface area contributed by atoms with Gasteiger partial charge in [0.2, 0.25) is 0 Å². The van der Waals surface area contributed by atoms with E-state index in [0.717, 1.165) is 0 Å². The maximum atomic E-state index is 9.80. The second-order valence-electron chi connectivity index (χ2n) is 3.98. The molecule has 1 unspecified atom stereocenters. The lowest BCUT2D eigenvalue weighted by Crippen LogP contribution is -2.32. The van der Waals surface area contributed by atoms with Crippen molar-refractivity contribution in [1.82, 2.24) is 4.98 Å². The van der Waals surface area contributed by atoms with Crippen molar-refractivity contribution >= 4 is 11.5 Å². The molecule has 1 aromatic heterocycles. The van der Waals surface area contributed by atoms with Crippen LogP contribution in [0.5, 0.6) is 0 Å². The third-order valence-corrected chi connectivity index (χ3v) is 2.43. The van der Waals surface area contributed by atoms with Crippen LogP contribution in [0, 0.1) is 11.3 Å². The van der Waals surface area contributed by atoms with Gasteiger partial charge in [-0.1, -0.05) is 6.92 Å². The largest absolute Gasteiger partial charge is 0.397 e. The highest BCUT2D eigenvalue weighted by atomic mass is 16.3. The van der Waals surface area contributed by atoms with Gasteiger partial charge in [0, 0.05) is 6.54 Å². The van der Waals surface area contributed by atoms with E-state index in [4.69, 9.17) is 11.0 Å². The van der Waals surface area contributed by atoms with Crippen molar-refractivity contribution in [2.75, 3.05) is 17.6 Å². The first-order chi connectivity index (χ1) is 7.48. The first-order valence-corrected chi connectivity index (χ1v) is 5.10. The van der Waals surface area contributed by atoms with Gasteiger partial charge in [0.25, 0.3) is 0 Å². The number of nitrogens with two attached hydrogens (primary N) is 1. The molecule has 5 nitrogen and oxygen atoms in total. The van der Waals surface area contributed by atoms with Crippen LogP contribution in [-0.2, 0) is 0 Å². The molecule has 0 saturated carbocycles. The van der Waals surface area contributed by atoms with E-state index in [0.29, 0.717) is 30.0 Å². The zero-order chi connectivity index (χ0) is 12.2. The van der Waals surface area contributed by atoms with Crippen molar-refractivity contribution in [3.05, 3.63) is 17.8 Å². The van der Waals surface area contributed by atoms with Crippen molar-refractivity contribution in [2.24, 2.45) is 0 Å². The molecule has 0 aliphatic heterocycles. The summed E-state index contributed by atoms with van der Waals surface area (Å²) in [5.41, 5.74) is 5.54. The Bertz CT molecular complexity index is 409. The van der Waals surface area contributed by atoms with Gasteiger partial charge in [0.1, 0.15) is 11.9 Å². The number of aromatic nitrogens is 1. The summed E-state index contributed by atoms with van der Waals surface area (Å²) in [7, 11) is 0. The molecule has 0 bridgehead atoms. The number of nitriles is 1. The van der Waals surface area contributed by atoms with E-state index < -0.39 is 5.60 Å². The molecule has 0 saturated heterocycles. The summed E-state index contributed by atoms with van der Waals surface area (Å²) in [6.07, 6.45) is 2.10. The Labute approximate surface area is 94.9 Å². The smallest absolute Gasteiger partial charge is 0.144 e. The molecule has 4 N–H and O–H groups in total. The van der Waals surface area contributed by atoms with Crippen molar-refractivity contribution in [1.29, 1.82) is 5.26 Å². The highest BCUT2D eigenvalue weighted by molar-refractivity contribution is 5.57. The van der Waals surface area contributed by atoms with Gasteiger partial charge in [-0.25, -0.2) is 4.98 Å². The maximum absolute atomic E-state index is 9.80. The number of aliphatic hydroxyl groups is 1. The zero-order valence-corrected chi connectivity index (χ0v) is 9.49. The van der Waals surface area contributed by atoms with E-state index in [-0.39, 0.29) is 0 Å². The number of nitrogens with zero attached hydrogens (tertiary/aromatic N) is 2. The van der Waals surface area contributed by atoms with Crippen LogP contribution < -0.4 is 11.1 Å². The van der Waals surface area contributed by atoms with E-state index in [2.05, 4.69) is 10.3 Å². The second kappa shape index (κ2) is 4.81. The Morgan fingerprint density at radius 1 is 1.69 bits per heavy atom. The van der Waals surface area contributed by atoms with Crippen LogP contribution in [-0.4, -0.2) is 22.2 Å². The Kier molecular flexibility index (Phi) is 3.69. The number of hydrogen-bond donors (Lipinski definition) is 3. The lowest BCUT2D eigenvalue weighted by atomic mass is 10.0. The Hall–Kier alpha value is -1.80. The van der Waals surface area contributed by atoms with E-state index in [1.165, 1.54) is 6.20 Å². The molecule has 0 amide bonds. The summed E-state index contributed by atoms with van der Waals surface area (Å²) < 4.78 is 0. The summed E-state index contributed by atoms with van der Waals surface area (Å²) in [5.74, 6) is 0.449. The summed E-state index contributed by atoms with van der Waals surface area (Å²) in [6, 6.07) is 3.56. The fourth-order valence-electron chi connectivity index (χ4n) is 1.11. The van der Waals surface area contributed by atoms with Gasteiger partial charge in [-0.05, 0) is 19.4 Å². The van der Waals surface area contributed by atoms with Gasteiger partial charge in [-0.3, -0.25) is 0 Å². The van der Waals surface area contributed by atoms with E-state index in [1.54, 1.807) is 13.0 Å². The van der Waals surface area contributed by atoms with Crippen LogP contribution >= 0.6 is 0 Å². The summed E-state index contributed by atoms with van der Waals surface area (Å²) in [4.78, 5) is 4.02. The second-order valence-corrected chi connectivity index (χ2v) is 3.98. The number of hydrogen-bond acceptors (Lipinski definition) is 5. The quantitative estimate of drug-likeness (QED) is 0.706. The van der Waals surface area contributed by atoms with Gasteiger partial charge < -0.3 is 16.2 Å². The molecule has 1 heterocycles. The number of pyridine rings is 1. The Balaban J connectivity index is 2.79. The van der Waals surface area contributed by atoms with E-state index >= 15 is 0 Å². The minimum absolute atomic E-state index is 0.342. The number of nitrogen functional groups attached to an aromatic ring is 1. The van der Waals surface area contributed by atoms with Gasteiger partial charge in [-0.15, -0.1) is 0 Å². The zero-order valence-electron chi connectivity index (χ0n) is 9.49. The number of anilines is 2. The lowest BCUT2D eigenvalue weighted by Gasteiger charge is -2.22. The maximum Gasteiger partial charge on any atom is 0.144 e. The normalized spacial score (nSPS) is 13.9. The molecule has 0 aromatic carbocycles. The molecule has 0 spiro atoms. The molecule has 0 radical (unpaired) electrons. The first kappa shape index (κ1) is 12.3. The predicted octanol–water partition coefficient (Wildman–Crippen LogP) is 1.11. The molecular weight excluding hydrogens is 204 g/mol. The monoisotopic (exact) mass is 220 g/mol. The number of nitrogens with one attached hydrogen (secondary N) is 1. The molecule has 1 atom stereocenters. The Morgan fingerprint density at radius 3 is 2.94 bits per heavy atom. The minimum Gasteiger partial charge on any atom is -0.397 e. The van der Waals surface area contributed by atoms with Gasteiger partial charge in [0.15, 0.2) is 0 Å². The average Bonchev–Trinajstić information content (AvgIpc) is 2.27. The van der Waals surface area contributed by atoms with E-state index in [9.17, 15) is 5.11 Å². The van der Waals surface area contributed by atoms with Crippen LogP contribution in [0.3, 0.4) is 0 Å². The molecule has 16 heavy (non-hydrogen) atoms. The topological polar surface area (TPSA) is 95.0 Å². The molecule has 0 aliphatic rings. The van der Waals surface area contributed by atoms with Crippen molar-refractivity contribution < 1.29 is 5.11 Å². The molecule has 1 rings (SSSR count). The fourth-order valence-corrected chi connectivity index (χ4v) is 1.11. The summed E-state index contributed by atoms with van der Waals surface area (Å²) >= 11 is 0. The van der Waals surface area contributed by atoms with Crippen LogP contribution in [0.2, 0.25) is 0 Å². The SMILES string of the molecule is CCC(C)(O)CNc1ncc(N)cc1C#N. The van der Waals surface area contributed by atoms with Crippen molar-refractivity contribution in [2.45, 2.75) is 25.9 Å². The minimum atomic E-state index is -0.810. The fraction of sp³-hybridized carbons (Fsp3) is 0.455. The molecule has 5 heteroatoms. The van der Waals surface area contributed by atoms with Crippen LogP contribution in [0.25, 0.3) is 0 Å². The molecule has 86 valence electrons. The predicted molar refractivity (Wildman–Crippen MR) is 62.8 cm³/mol. The van der Waals surface area contributed by atoms with Crippen LogP contribution in [0.4, 0.5) is 11.5 Å². The molecule has 1 aromatic rings. The average molecular weight is 220 g/mol. The lowest BCUT2D eigenvalue weighted by molar-refractivity contribution is 0.0696. The molecule has 0 fully saturated rings. The van der Waals surface area contributed by atoms with Crippen molar-refractivity contribution in [3.63, 3.8) is 0 Å². The summed E-state index contributed by atoms with van der Waals surface area (Å²) in [6.45, 7) is 3.96. The van der Waals surface area contributed by atoms with Gasteiger partial charge >= 0.3 is 0 Å². The standard InChI is InChI=1S/C11H16N4O/c1-3-11(2,16)7-15-10-8(5-12)4-9(13)6-14-10/h4,6,16H,3,7,13H2,1-2H3,(H,14,15). The third kappa shape index (κ3) is 3.11. The third-order valence-electron chi connectivity index (χ3n) is 2.43.